The van der Waals surface area contributed by atoms with Gasteiger partial charge in [0.05, 0.1) is 11.9 Å². The first-order valence-electron chi connectivity index (χ1n) is 4.51. The van der Waals surface area contributed by atoms with Gasteiger partial charge in [0, 0.05) is 12.6 Å². The molecule has 1 unspecified atom stereocenters. The fourth-order valence-corrected chi connectivity index (χ4v) is 0.992. The van der Waals surface area contributed by atoms with Crippen molar-refractivity contribution < 1.29 is 4.79 Å². The molecule has 0 aliphatic carbocycles. The Morgan fingerprint density at radius 3 is 3.08 bits per heavy atom. The van der Waals surface area contributed by atoms with Crippen molar-refractivity contribution in [2.24, 2.45) is 5.92 Å². The van der Waals surface area contributed by atoms with E-state index in [4.69, 9.17) is 0 Å². The molecule has 0 fully saturated rings. The molecule has 1 heterocycles. The van der Waals surface area contributed by atoms with Crippen molar-refractivity contribution in [3.8, 4) is 0 Å². The second-order valence-corrected chi connectivity index (χ2v) is 3.25. The Labute approximate surface area is 77.7 Å². The smallest absolute Gasteiger partial charge is 0.224 e. The van der Waals surface area contributed by atoms with Gasteiger partial charge < -0.3 is 5.32 Å². The van der Waals surface area contributed by atoms with E-state index in [1.165, 1.54) is 0 Å². The zero-order chi connectivity index (χ0) is 9.68. The molecule has 0 saturated heterocycles. The third-order valence-electron chi connectivity index (χ3n) is 2.01. The highest BCUT2D eigenvalue weighted by atomic mass is 16.1. The Morgan fingerprint density at radius 1 is 1.77 bits per heavy atom. The molecule has 1 aromatic rings. The summed E-state index contributed by atoms with van der Waals surface area (Å²) in [6.07, 6.45) is 4.85. The highest BCUT2D eigenvalue weighted by Crippen LogP contribution is 2.09. The van der Waals surface area contributed by atoms with Crippen LogP contribution in [-0.4, -0.2) is 16.1 Å². The number of aromatic amines is 1. The molecular weight excluding hydrogens is 166 g/mol. The van der Waals surface area contributed by atoms with Crippen LogP contribution in [-0.2, 0) is 4.79 Å². The van der Waals surface area contributed by atoms with Crippen molar-refractivity contribution in [3.63, 3.8) is 0 Å². The SMILES string of the molecule is CCC(C)CC(=O)Nc1cn[nH]c1. The van der Waals surface area contributed by atoms with Gasteiger partial charge in [-0.1, -0.05) is 20.3 Å². The molecule has 4 nitrogen and oxygen atoms in total. The van der Waals surface area contributed by atoms with Crippen LogP contribution in [0.25, 0.3) is 0 Å². The maximum atomic E-state index is 11.3. The number of H-pyrrole nitrogens is 1. The van der Waals surface area contributed by atoms with Gasteiger partial charge in [0.1, 0.15) is 0 Å². The fourth-order valence-electron chi connectivity index (χ4n) is 0.992. The van der Waals surface area contributed by atoms with Gasteiger partial charge in [-0.2, -0.15) is 5.10 Å². The lowest BCUT2D eigenvalue weighted by Gasteiger charge is -2.07. The van der Waals surface area contributed by atoms with E-state index in [-0.39, 0.29) is 5.91 Å². The minimum absolute atomic E-state index is 0.0516. The maximum Gasteiger partial charge on any atom is 0.224 e. The molecule has 0 radical (unpaired) electrons. The predicted molar refractivity (Wildman–Crippen MR) is 51.3 cm³/mol. The molecule has 72 valence electrons. The molecule has 0 aliphatic rings. The maximum absolute atomic E-state index is 11.3. The summed E-state index contributed by atoms with van der Waals surface area (Å²) in [6, 6.07) is 0. The summed E-state index contributed by atoms with van der Waals surface area (Å²) in [7, 11) is 0. The first kappa shape index (κ1) is 9.77. The van der Waals surface area contributed by atoms with Crippen molar-refractivity contribution in [2.75, 3.05) is 5.32 Å². The molecule has 0 spiro atoms. The number of anilines is 1. The summed E-state index contributed by atoms with van der Waals surface area (Å²) >= 11 is 0. The van der Waals surface area contributed by atoms with Gasteiger partial charge in [-0.25, -0.2) is 0 Å². The first-order chi connectivity index (χ1) is 6.22. The fraction of sp³-hybridized carbons (Fsp3) is 0.556. The number of carbonyl (C=O) groups is 1. The Morgan fingerprint density at radius 2 is 2.54 bits per heavy atom. The summed E-state index contributed by atoms with van der Waals surface area (Å²) in [4.78, 5) is 11.3. The minimum Gasteiger partial charge on any atom is -0.323 e. The highest BCUT2D eigenvalue weighted by molar-refractivity contribution is 5.90. The van der Waals surface area contributed by atoms with Gasteiger partial charge in [-0.05, 0) is 5.92 Å². The number of hydrogen-bond donors (Lipinski definition) is 2. The van der Waals surface area contributed by atoms with E-state index in [1.807, 2.05) is 0 Å². The van der Waals surface area contributed by atoms with E-state index in [2.05, 4.69) is 29.4 Å². The average molecular weight is 181 g/mol. The second-order valence-electron chi connectivity index (χ2n) is 3.25. The number of nitrogens with one attached hydrogen (secondary N) is 2. The molecule has 4 heteroatoms. The molecule has 1 amide bonds. The predicted octanol–water partition coefficient (Wildman–Crippen LogP) is 1.78. The largest absolute Gasteiger partial charge is 0.323 e. The van der Waals surface area contributed by atoms with Crippen LogP contribution in [0.5, 0.6) is 0 Å². The van der Waals surface area contributed by atoms with E-state index in [9.17, 15) is 4.79 Å². The summed E-state index contributed by atoms with van der Waals surface area (Å²) < 4.78 is 0. The van der Waals surface area contributed by atoms with Gasteiger partial charge in [0.25, 0.3) is 0 Å². The minimum atomic E-state index is 0.0516. The van der Waals surface area contributed by atoms with Crippen LogP contribution in [0.3, 0.4) is 0 Å². The lowest BCUT2D eigenvalue weighted by atomic mass is 10.1. The van der Waals surface area contributed by atoms with E-state index in [1.54, 1.807) is 12.4 Å². The van der Waals surface area contributed by atoms with Crippen LogP contribution >= 0.6 is 0 Å². The van der Waals surface area contributed by atoms with E-state index >= 15 is 0 Å². The Bertz CT molecular complexity index is 256. The van der Waals surface area contributed by atoms with Crippen LogP contribution in [0.1, 0.15) is 26.7 Å². The number of rotatable bonds is 4. The summed E-state index contributed by atoms with van der Waals surface area (Å²) in [5, 5.41) is 9.13. The van der Waals surface area contributed by atoms with Crippen molar-refractivity contribution in [1.82, 2.24) is 10.2 Å². The number of nitrogens with zero attached hydrogens (tertiary/aromatic N) is 1. The zero-order valence-electron chi connectivity index (χ0n) is 8.00. The van der Waals surface area contributed by atoms with Crippen molar-refractivity contribution >= 4 is 11.6 Å². The van der Waals surface area contributed by atoms with Crippen molar-refractivity contribution in [2.45, 2.75) is 26.7 Å². The number of hydrogen-bond acceptors (Lipinski definition) is 2. The molecule has 0 aliphatic heterocycles. The monoisotopic (exact) mass is 181 g/mol. The Hall–Kier alpha value is -1.32. The van der Waals surface area contributed by atoms with Gasteiger partial charge in [0.2, 0.25) is 5.91 Å². The second kappa shape index (κ2) is 4.64. The molecule has 0 saturated carbocycles. The number of carbonyl (C=O) groups excluding carboxylic acids is 1. The summed E-state index contributed by atoms with van der Waals surface area (Å²) in [6.45, 7) is 4.14. The third-order valence-corrected chi connectivity index (χ3v) is 2.01. The Kier molecular flexibility index (Phi) is 3.49. The van der Waals surface area contributed by atoms with Gasteiger partial charge in [-0.3, -0.25) is 9.89 Å². The summed E-state index contributed by atoms with van der Waals surface area (Å²) in [5.41, 5.74) is 0.730. The van der Waals surface area contributed by atoms with Crippen molar-refractivity contribution in [1.29, 1.82) is 0 Å². The van der Waals surface area contributed by atoms with Crippen LogP contribution in [0.4, 0.5) is 5.69 Å². The third kappa shape index (κ3) is 3.27. The Balaban J connectivity index is 2.34. The van der Waals surface area contributed by atoms with Crippen LogP contribution in [0, 0.1) is 5.92 Å². The molecular formula is C9H15N3O. The molecule has 1 atom stereocenters. The van der Waals surface area contributed by atoms with Crippen molar-refractivity contribution in [3.05, 3.63) is 12.4 Å². The van der Waals surface area contributed by atoms with Gasteiger partial charge in [0.15, 0.2) is 0 Å². The standard InChI is InChI=1S/C9H15N3O/c1-3-7(2)4-9(13)12-8-5-10-11-6-8/h5-7H,3-4H2,1-2H3,(H,10,11)(H,12,13). The molecule has 1 aromatic heterocycles. The topological polar surface area (TPSA) is 57.8 Å². The lowest BCUT2D eigenvalue weighted by molar-refractivity contribution is -0.117. The number of aromatic nitrogens is 2. The molecule has 1 rings (SSSR count). The average Bonchev–Trinajstić information content (AvgIpc) is 2.56. The zero-order valence-corrected chi connectivity index (χ0v) is 8.00. The van der Waals surface area contributed by atoms with E-state index in [0.717, 1.165) is 12.1 Å². The normalized spacial score (nSPS) is 12.5. The van der Waals surface area contributed by atoms with Gasteiger partial charge in [-0.15, -0.1) is 0 Å². The van der Waals surface area contributed by atoms with E-state index in [0.29, 0.717) is 12.3 Å². The number of amides is 1. The van der Waals surface area contributed by atoms with Crippen LogP contribution < -0.4 is 5.32 Å². The van der Waals surface area contributed by atoms with Gasteiger partial charge >= 0.3 is 0 Å². The molecule has 13 heavy (non-hydrogen) atoms. The summed E-state index contributed by atoms with van der Waals surface area (Å²) in [5.74, 6) is 0.489. The highest BCUT2D eigenvalue weighted by Gasteiger charge is 2.07. The lowest BCUT2D eigenvalue weighted by Crippen LogP contribution is -2.14. The molecule has 2 N–H and O–H groups in total. The van der Waals surface area contributed by atoms with Crippen LogP contribution in [0.15, 0.2) is 12.4 Å². The van der Waals surface area contributed by atoms with E-state index < -0.39 is 0 Å². The first-order valence-corrected chi connectivity index (χ1v) is 4.51. The quantitative estimate of drug-likeness (QED) is 0.743. The molecule has 0 bridgehead atoms. The van der Waals surface area contributed by atoms with Crippen LogP contribution in [0.2, 0.25) is 0 Å². The molecule has 0 aromatic carbocycles.